The van der Waals surface area contributed by atoms with Crippen molar-refractivity contribution in [1.82, 2.24) is 0 Å². The highest BCUT2D eigenvalue weighted by Crippen LogP contribution is 2.33. The standard InChI is InChI=1S/C16H13NO4/c1-17(9-18)13-5-2-11(3-6-13)16(19)12-4-7-14-15(8-12)21-10-20-14/h2-9H,10H2,1H3. The van der Waals surface area contributed by atoms with Crippen LogP contribution in [0.1, 0.15) is 15.9 Å². The number of amides is 1. The highest BCUT2D eigenvalue weighted by atomic mass is 16.7. The predicted octanol–water partition coefficient (Wildman–Crippen LogP) is 2.24. The van der Waals surface area contributed by atoms with Crippen molar-refractivity contribution in [2.45, 2.75) is 0 Å². The summed E-state index contributed by atoms with van der Waals surface area (Å²) in [5, 5.41) is 0. The quantitative estimate of drug-likeness (QED) is 0.638. The van der Waals surface area contributed by atoms with Crippen LogP contribution in [0, 0.1) is 0 Å². The molecule has 5 nitrogen and oxygen atoms in total. The van der Waals surface area contributed by atoms with Crippen molar-refractivity contribution in [3.8, 4) is 11.5 Å². The fourth-order valence-corrected chi connectivity index (χ4v) is 2.11. The highest BCUT2D eigenvalue weighted by Gasteiger charge is 2.17. The summed E-state index contributed by atoms with van der Waals surface area (Å²) in [5.41, 5.74) is 1.82. The number of rotatable bonds is 4. The molecule has 106 valence electrons. The van der Waals surface area contributed by atoms with Crippen molar-refractivity contribution in [3.05, 3.63) is 53.6 Å². The number of benzene rings is 2. The third kappa shape index (κ3) is 2.45. The zero-order valence-corrected chi connectivity index (χ0v) is 11.4. The van der Waals surface area contributed by atoms with E-state index in [1.165, 1.54) is 4.90 Å². The van der Waals surface area contributed by atoms with E-state index < -0.39 is 0 Å². The van der Waals surface area contributed by atoms with Gasteiger partial charge in [0, 0.05) is 23.9 Å². The van der Waals surface area contributed by atoms with Crippen LogP contribution in [0.5, 0.6) is 11.5 Å². The average molecular weight is 283 g/mol. The van der Waals surface area contributed by atoms with Crippen LogP contribution in [-0.2, 0) is 4.79 Å². The first-order valence-corrected chi connectivity index (χ1v) is 6.41. The molecule has 5 heteroatoms. The van der Waals surface area contributed by atoms with Crippen molar-refractivity contribution in [1.29, 1.82) is 0 Å². The first-order valence-electron chi connectivity index (χ1n) is 6.41. The van der Waals surface area contributed by atoms with Gasteiger partial charge in [-0.1, -0.05) is 0 Å². The molecule has 0 saturated heterocycles. The molecule has 1 heterocycles. The molecule has 0 radical (unpaired) electrons. The van der Waals surface area contributed by atoms with E-state index in [2.05, 4.69) is 0 Å². The highest BCUT2D eigenvalue weighted by molar-refractivity contribution is 6.09. The van der Waals surface area contributed by atoms with E-state index in [4.69, 9.17) is 9.47 Å². The van der Waals surface area contributed by atoms with Crippen molar-refractivity contribution in [2.24, 2.45) is 0 Å². The molecule has 0 aliphatic carbocycles. The minimum absolute atomic E-state index is 0.103. The predicted molar refractivity (Wildman–Crippen MR) is 76.9 cm³/mol. The number of fused-ring (bicyclic) bond motifs is 1. The van der Waals surface area contributed by atoms with Crippen LogP contribution in [0.3, 0.4) is 0 Å². The molecule has 0 atom stereocenters. The number of carbonyl (C=O) groups is 2. The molecule has 1 amide bonds. The third-order valence-electron chi connectivity index (χ3n) is 3.33. The molecule has 21 heavy (non-hydrogen) atoms. The van der Waals surface area contributed by atoms with Gasteiger partial charge in [-0.3, -0.25) is 9.59 Å². The lowest BCUT2D eigenvalue weighted by atomic mass is 10.0. The maximum atomic E-state index is 12.4. The van der Waals surface area contributed by atoms with Crippen LogP contribution in [0.2, 0.25) is 0 Å². The van der Waals surface area contributed by atoms with Crippen LogP contribution in [-0.4, -0.2) is 26.0 Å². The van der Waals surface area contributed by atoms with Gasteiger partial charge >= 0.3 is 0 Å². The van der Waals surface area contributed by atoms with Gasteiger partial charge in [0.25, 0.3) is 0 Å². The molecule has 0 spiro atoms. The zero-order chi connectivity index (χ0) is 14.8. The number of hydrogen-bond donors (Lipinski definition) is 0. The van der Waals surface area contributed by atoms with Crippen LogP contribution in [0.15, 0.2) is 42.5 Å². The molecule has 0 N–H and O–H groups in total. The second-order valence-electron chi connectivity index (χ2n) is 4.66. The zero-order valence-electron chi connectivity index (χ0n) is 11.4. The number of carbonyl (C=O) groups excluding carboxylic acids is 2. The van der Waals surface area contributed by atoms with Crippen LogP contribution in [0.4, 0.5) is 5.69 Å². The molecule has 0 bridgehead atoms. The molecule has 1 aliphatic rings. The monoisotopic (exact) mass is 283 g/mol. The first-order chi connectivity index (χ1) is 10.2. The summed E-state index contributed by atoms with van der Waals surface area (Å²) in [5.74, 6) is 1.13. The minimum Gasteiger partial charge on any atom is -0.454 e. The molecule has 2 aromatic carbocycles. The number of ketones is 1. The normalized spacial score (nSPS) is 12.0. The molecular weight excluding hydrogens is 270 g/mol. The van der Waals surface area contributed by atoms with Gasteiger partial charge in [-0.05, 0) is 42.5 Å². The van der Waals surface area contributed by atoms with Gasteiger partial charge in [0.05, 0.1) is 0 Å². The molecule has 2 aromatic rings. The fourth-order valence-electron chi connectivity index (χ4n) is 2.11. The van der Waals surface area contributed by atoms with Gasteiger partial charge in [0.2, 0.25) is 13.2 Å². The van der Waals surface area contributed by atoms with E-state index in [0.717, 1.165) is 5.69 Å². The Bertz CT molecular complexity index is 694. The Morgan fingerprint density at radius 2 is 1.71 bits per heavy atom. The van der Waals surface area contributed by atoms with Gasteiger partial charge < -0.3 is 14.4 Å². The number of anilines is 1. The first kappa shape index (κ1) is 13.2. The van der Waals surface area contributed by atoms with Crippen LogP contribution < -0.4 is 14.4 Å². The lowest BCUT2D eigenvalue weighted by Crippen LogP contribution is -2.13. The van der Waals surface area contributed by atoms with Crippen LogP contribution >= 0.6 is 0 Å². The van der Waals surface area contributed by atoms with E-state index in [-0.39, 0.29) is 12.6 Å². The summed E-state index contributed by atoms with van der Waals surface area (Å²) >= 11 is 0. The summed E-state index contributed by atoms with van der Waals surface area (Å²) in [4.78, 5) is 24.5. The third-order valence-corrected chi connectivity index (χ3v) is 3.33. The van der Waals surface area contributed by atoms with E-state index >= 15 is 0 Å². The number of ether oxygens (including phenoxy) is 2. The van der Waals surface area contributed by atoms with Crippen LogP contribution in [0.25, 0.3) is 0 Å². The van der Waals surface area contributed by atoms with Crippen molar-refractivity contribution in [2.75, 3.05) is 18.7 Å². The van der Waals surface area contributed by atoms with E-state index in [0.29, 0.717) is 29.0 Å². The van der Waals surface area contributed by atoms with E-state index in [9.17, 15) is 9.59 Å². The maximum absolute atomic E-state index is 12.4. The van der Waals surface area contributed by atoms with Gasteiger partial charge in [0.1, 0.15) is 0 Å². The summed E-state index contributed by atoms with van der Waals surface area (Å²) in [7, 11) is 1.65. The van der Waals surface area contributed by atoms with E-state index in [1.54, 1.807) is 49.5 Å². The molecule has 0 unspecified atom stereocenters. The Balaban J connectivity index is 1.86. The number of hydrogen-bond acceptors (Lipinski definition) is 4. The molecule has 0 aromatic heterocycles. The van der Waals surface area contributed by atoms with Gasteiger partial charge in [-0.2, -0.15) is 0 Å². The maximum Gasteiger partial charge on any atom is 0.231 e. The van der Waals surface area contributed by atoms with Gasteiger partial charge in [-0.25, -0.2) is 0 Å². The summed E-state index contributed by atoms with van der Waals surface area (Å²) in [6, 6.07) is 12.0. The average Bonchev–Trinajstić information content (AvgIpc) is 3.01. The van der Waals surface area contributed by atoms with Gasteiger partial charge in [-0.15, -0.1) is 0 Å². The lowest BCUT2D eigenvalue weighted by Gasteiger charge is -2.10. The van der Waals surface area contributed by atoms with Gasteiger partial charge in [0.15, 0.2) is 17.3 Å². The minimum atomic E-state index is -0.103. The fraction of sp³-hybridized carbons (Fsp3) is 0.125. The van der Waals surface area contributed by atoms with Crippen molar-refractivity contribution < 1.29 is 19.1 Å². The topological polar surface area (TPSA) is 55.8 Å². The largest absolute Gasteiger partial charge is 0.454 e. The van der Waals surface area contributed by atoms with E-state index in [1.807, 2.05) is 0 Å². The van der Waals surface area contributed by atoms with Crippen molar-refractivity contribution in [3.63, 3.8) is 0 Å². The molecule has 1 aliphatic heterocycles. The Hall–Kier alpha value is -2.82. The molecule has 3 rings (SSSR count). The number of nitrogens with zero attached hydrogens (tertiary/aromatic N) is 1. The second-order valence-corrected chi connectivity index (χ2v) is 4.66. The Morgan fingerprint density at radius 3 is 2.43 bits per heavy atom. The SMILES string of the molecule is CN(C=O)c1ccc(C(=O)c2ccc3c(c2)OCO3)cc1. The molecule has 0 saturated carbocycles. The Labute approximate surface area is 121 Å². The Morgan fingerprint density at radius 1 is 1.05 bits per heavy atom. The molecular formula is C16H13NO4. The molecule has 0 fully saturated rings. The second kappa shape index (κ2) is 5.28. The summed E-state index contributed by atoms with van der Waals surface area (Å²) in [6.07, 6.45) is 0.717. The Kier molecular flexibility index (Phi) is 3.31. The smallest absolute Gasteiger partial charge is 0.231 e. The lowest BCUT2D eigenvalue weighted by molar-refractivity contribution is -0.107. The van der Waals surface area contributed by atoms with Crippen molar-refractivity contribution >= 4 is 17.9 Å². The summed E-state index contributed by atoms with van der Waals surface area (Å²) < 4.78 is 10.5. The summed E-state index contributed by atoms with van der Waals surface area (Å²) in [6.45, 7) is 0.180.